The Hall–Kier alpha value is -3.82. The lowest BCUT2D eigenvalue weighted by molar-refractivity contribution is -0.0269. The minimum Gasteiger partial charge on any atom is -0.381 e. The number of carbonyl (C=O) groups excluding carboxylic acids is 1. The molecule has 9 heteroatoms. The minimum absolute atomic E-state index is 0.0396. The van der Waals surface area contributed by atoms with E-state index in [1.807, 2.05) is 18.2 Å². The Labute approximate surface area is 210 Å². The van der Waals surface area contributed by atoms with Gasteiger partial charge in [-0.05, 0) is 49.1 Å². The summed E-state index contributed by atoms with van der Waals surface area (Å²) in [6.07, 6.45) is 3.25. The van der Waals surface area contributed by atoms with Gasteiger partial charge in [-0.3, -0.25) is 0 Å². The van der Waals surface area contributed by atoms with Crippen LogP contribution in [0, 0.1) is 0 Å². The van der Waals surface area contributed by atoms with Gasteiger partial charge in [0, 0.05) is 19.6 Å². The fourth-order valence-corrected chi connectivity index (χ4v) is 4.52. The van der Waals surface area contributed by atoms with Gasteiger partial charge in [-0.25, -0.2) is 4.79 Å². The Bertz CT molecular complexity index is 1200. The summed E-state index contributed by atoms with van der Waals surface area (Å²) in [5.74, 6) is 0.689. The van der Waals surface area contributed by atoms with Gasteiger partial charge in [0.1, 0.15) is 11.9 Å². The maximum atomic E-state index is 10.3. The second kappa shape index (κ2) is 11.7. The molecule has 1 fully saturated rings. The summed E-state index contributed by atoms with van der Waals surface area (Å²) in [7, 11) is 0. The van der Waals surface area contributed by atoms with Crippen molar-refractivity contribution >= 4 is 17.9 Å². The molecule has 2 aromatic heterocycles. The molecule has 36 heavy (non-hydrogen) atoms. The fraction of sp³-hybridized carbons (Fsp3) is 0.333. The highest BCUT2D eigenvalue weighted by atomic mass is 16.5. The molecule has 0 aliphatic carbocycles. The highest BCUT2D eigenvalue weighted by molar-refractivity contribution is 5.47. The van der Waals surface area contributed by atoms with E-state index in [1.165, 1.54) is 22.2 Å². The number of nitrogens with zero attached hydrogens (tertiary/aromatic N) is 5. The van der Waals surface area contributed by atoms with Crippen LogP contribution in [-0.2, 0) is 9.53 Å². The van der Waals surface area contributed by atoms with E-state index >= 15 is 0 Å². The van der Waals surface area contributed by atoms with Crippen LogP contribution in [0.1, 0.15) is 36.5 Å². The van der Waals surface area contributed by atoms with Gasteiger partial charge < -0.3 is 19.7 Å². The van der Waals surface area contributed by atoms with Crippen LogP contribution in [0.5, 0.6) is 6.01 Å². The van der Waals surface area contributed by atoms with Crippen molar-refractivity contribution in [3.05, 3.63) is 83.9 Å². The molecule has 0 spiro atoms. The molecule has 1 saturated heterocycles. The van der Waals surface area contributed by atoms with Crippen molar-refractivity contribution in [3.8, 4) is 6.01 Å². The number of hydrogen-bond acceptors (Lipinski definition) is 8. The third-order valence-corrected chi connectivity index (χ3v) is 6.35. The minimum atomic E-state index is -0.0686. The molecule has 1 aliphatic heterocycles. The Kier molecular flexibility index (Phi) is 7.80. The van der Waals surface area contributed by atoms with Crippen LogP contribution >= 0.6 is 0 Å². The smallest absolute Gasteiger partial charge is 0.381 e. The standard InChI is InChI=1S/C27H29N6O3/c34-20-35-27-29-25-13-12-24(30-33(25)31-27)28-16-7-17-32-18-14-23(15-19-32)36-26(21-8-3-1-4-9-21)22-10-5-2-6-11-22/h1-6,8-13,23,26H,7,14-19H2,(H,28,30). The molecule has 1 N–H and O–H groups in total. The molecule has 5 rings (SSSR count). The van der Waals surface area contributed by atoms with Crippen molar-refractivity contribution in [1.29, 1.82) is 0 Å². The Morgan fingerprint density at radius 1 is 0.944 bits per heavy atom. The lowest BCUT2D eigenvalue weighted by Crippen LogP contribution is -2.38. The number of ether oxygens (including phenoxy) is 2. The highest BCUT2D eigenvalue weighted by Gasteiger charge is 2.24. The van der Waals surface area contributed by atoms with Crippen molar-refractivity contribution in [2.45, 2.75) is 31.5 Å². The summed E-state index contributed by atoms with van der Waals surface area (Å²) in [4.78, 5) is 16.8. The van der Waals surface area contributed by atoms with Gasteiger partial charge in [0.2, 0.25) is 0 Å². The molecule has 3 heterocycles. The zero-order chi connectivity index (χ0) is 24.6. The first-order valence-corrected chi connectivity index (χ1v) is 12.3. The zero-order valence-corrected chi connectivity index (χ0v) is 20.0. The van der Waals surface area contributed by atoms with E-state index in [0.29, 0.717) is 11.5 Å². The van der Waals surface area contributed by atoms with E-state index in [-0.39, 0.29) is 18.2 Å². The molecule has 4 aromatic rings. The number of fused-ring (bicyclic) bond motifs is 1. The van der Waals surface area contributed by atoms with E-state index in [4.69, 9.17) is 4.74 Å². The third kappa shape index (κ3) is 6.05. The highest BCUT2D eigenvalue weighted by Crippen LogP contribution is 2.30. The SMILES string of the molecule is O=[C]Oc1nc2ccc(NCCCN3CCC(OC(c4ccccc4)c4ccccc4)CC3)nn2n1. The second-order valence-corrected chi connectivity index (χ2v) is 8.80. The average molecular weight is 486 g/mol. The van der Waals surface area contributed by atoms with E-state index in [1.54, 1.807) is 6.07 Å². The predicted octanol–water partition coefficient (Wildman–Crippen LogP) is 3.64. The summed E-state index contributed by atoms with van der Waals surface area (Å²) in [5.41, 5.74) is 2.89. The van der Waals surface area contributed by atoms with Gasteiger partial charge in [0.05, 0.1) is 6.10 Å². The maximum absolute atomic E-state index is 10.3. The number of aromatic nitrogens is 4. The number of rotatable bonds is 11. The van der Waals surface area contributed by atoms with E-state index in [9.17, 15) is 4.79 Å². The molecule has 1 aliphatic rings. The van der Waals surface area contributed by atoms with Gasteiger partial charge in [-0.2, -0.15) is 4.98 Å². The molecule has 0 saturated carbocycles. The number of anilines is 1. The summed E-state index contributed by atoms with van der Waals surface area (Å²) < 4.78 is 12.5. The maximum Gasteiger partial charge on any atom is 0.425 e. The largest absolute Gasteiger partial charge is 0.425 e. The first-order valence-electron chi connectivity index (χ1n) is 12.3. The molecule has 0 amide bonds. The number of nitrogens with one attached hydrogen (secondary N) is 1. The first kappa shape index (κ1) is 23.9. The molecular weight excluding hydrogens is 456 g/mol. The second-order valence-electron chi connectivity index (χ2n) is 8.80. The molecule has 185 valence electrons. The van der Waals surface area contributed by atoms with Crippen LogP contribution in [-0.4, -0.2) is 63.5 Å². The van der Waals surface area contributed by atoms with Crippen LogP contribution in [0.2, 0.25) is 0 Å². The van der Waals surface area contributed by atoms with Crippen LogP contribution < -0.4 is 10.1 Å². The molecule has 1 radical (unpaired) electrons. The van der Waals surface area contributed by atoms with Gasteiger partial charge in [-0.15, -0.1) is 9.73 Å². The normalized spacial score (nSPS) is 14.8. The van der Waals surface area contributed by atoms with Gasteiger partial charge >= 0.3 is 12.5 Å². The lowest BCUT2D eigenvalue weighted by atomic mass is 10.00. The molecule has 9 nitrogen and oxygen atoms in total. The van der Waals surface area contributed by atoms with Gasteiger partial charge in [0.25, 0.3) is 0 Å². The topological polar surface area (TPSA) is 93.9 Å². The molecular formula is C27H29N6O3. The van der Waals surface area contributed by atoms with Crippen LogP contribution in [0.25, 0.3) is 5.65 Å². The molecule has 0 unspecified atom stereocenters. The lowest BCUT2D eigenvalue weighted by Gasteiger charge is -2.34. The summed E-state index contributed by atoms with van der Waals surface area (Å²) in [5, 5.41) is 11.6. The number of benzene rings is 2. The molecule has 0 atom stereocenters. The Morgan fingerprint density at radius 2 is 1.64 bits per heavy atom. The fourth-order valence-electron chi connectivity index (χ4n) is 4.52. The van der Waals surface area contributed by atoms with Crippen LogP contribution in [0.15, 0.2) is 72.8 Å². The predicted molar refractivity (Wildman–Crippen MR) is 135 cm³/mol. The van der Waals surface area contributed by atoms with Crippen molar-refractivity contribution < 1.29 is 14.3 Å². The number of piperidine rings is 1. The summed E-state index contributed by atoms with van der Waals surface area (Å²) >= 11 is 0. The molecule has 2 aromatic carbocycles. The zero-order valence-electron chi connectivity index (χ0n) is 20.0. The van der Waals surface area contributed by atoms with Crippen molar-refractivity contribution in [1.82, 2.24) is 24.7 Å². The molecule has 0 bridgehead atoms. The average Bonchev–Trinajstić information content (AvgIpc) is 3.33. The van der Waals surface area contributed by atoms with Crippen LogP contribution in [0.3, 0.4) is 0 Å². The van der Waals surface area contributed by atoms with E-state index < -0.39 is 0 Å². The van der Waals surface area contributed by atoms with E-state index in [2.05, 4.69) is 78.7 Å². The Balaban J connectivity index is 1.07. The van der Waals surface area contributed by atoms with Gasteiger partial charge in [-0.1, -0.05) is 65.8 Å². The summed E-state index contributed by atoms with van der Waals surface area (Å²) in [6, 6.07) is 24.5. The quantitative estimate of drug-likeness (QED) is 0.322. The number of hydrogen-bond donors (Lipinski definition) is 1. The van der Waals surface area contributed by atoms with Gasteiger partial charge in [0.15, 0.2) is 5.65 Å². The third-order valence-electron chi connectivity index (χ3n) is 6.35. The van der Waals surface area contributed by atoms with Crippen molar-refractivity contribution in [2.75, 3.05) is 31.5 Å². The van der Waals surface area contributed by atoms with Crippen LogP contribution in [0.4, 0.5) is 5.82 Å². The summed E-state index contributed by atoms with van der Waals surface area (Å²) in [6.45, 7) is 5.18. The Morgan fingerprint density at radius 3 is 2.31 bits per heavy atom. The van der Waals surface area contributed by atoms with Crippen molar-refractivity contribution in [2.24, 2.45) is 0 Å². The van der Waals surface area contributed by atoms with Crippen molar-refractivity contribution in [3.63, 3.8) is 0 Å². The van der Waals surface area contributed by atoms with E-state index in [0.717, 1.165) is 45.4 Å². The monoisotopic (exact) mass is 485 g/mol. The first-order chi connectivity index (χ1) is 17.8. The number of likely N-dealkylation sites (tertiary alicyclic amines) is 1.